The summed E-state index contributed by atoms with van der Waals surface area (Å²) in [6, 6.07) is 0. The summed E-state index contributed by atoms with van der Waals surface area (Å²) >= 11 is 0. The average Bonchev–Trinajstić information content (AvgIpc) is 1.83. The standard InChI is InChI=1S/C4H9NO2.C2HF3O2/c1-4(2,5)3(6)7;3-2(4,5)1(6)7/h5H2,1-2H3,(H,6,7);(H,6,7). The molecule has 0 atom stereocenters. The van der Waals surface area contributed by atoms with E-state index in [0.717, 1.165) is 0 Å². The molecule has 4 N–H and O–H groups in total. The Hall–Kier alpha value is -1.31. The summed E-state index contributed by atoms with van der Waals surface area (Å²) in [5.41, 5.74) is 4.00. The van der Waals surface area contributed by atoms with E-state index < -0.39 is 23.7 Å². The molecule has 5 nitrogen and oxygen atoms in total. The summed E-state index contributed by atoms with van der Waals surface area (Å²) < 4.78 is 31.7. The molecule has 0 radical (unpaired) electrons. The molecule has 84 valence electrons. The van der Waals surface area contributed by atoms with Crippen molar-refractivity contribution in [3.8, 4) is 0 Å². The summed E-state index contributed by atoms with van der Waals surface area (Å²) in [6.07, 6.45) is -5.08. The second-order valence-electron chi connectivity index (χ2n) is 2.83. The maximum atomic E-state index is 10.6. The SMILES string of the molecule is CC(C)(N)C(=O)O.O=C(O)C(F)(F)F. The van der Waals surface area contributed by atoms with Gasteiger partial charge in [0.2, 0.25) is 0 Å². The normalized spacial score (nSPS) is 11.3. The minimum absolute atomic E-state index is 0.979. The first-order valence-corrected chi connectivity index (χ1v) is 3.21. The molecule has 0 amide bonds. The van der Waals surface area contributed by atoms with Crippen molar-refractivity contribution in [3.05, 3.63) is 0 Å². The second kappa shape index (κ2) is 4.80. The van der Waals surface area contributed by atoms with Gasteiger partial charge in [-0.3, -0.25) is 4.79 Å². The lowest BCUT2D eigenvalue weighted by Gasteiger charge is -2.09. The number of aliphatic carboxylic acids is 2. The van der Waals surface area contributed by atoms with Crippen molar-refractivity contribution in [2.45, 2.75) is 25.6 Å². The molecule has 0 rings (SSSR count). The topological polar surface area (TPSA) is 101 Å². The van der Waals surface area contributed by atoms with Gasteiger partial charge in [-0.2, -0.15) is 13.2 Å². The number of carboxylic acid groups (broad SMARTS) is 2. The monoisotopic (exact) mass is 217 g/mol. The van der Waals surface area contributed by atoms with Crippen LogP contribution in [-0.2, 0) is 9.59 Å². The van der Waals surface area contributed by atoms with Crippen LogP contribution in [0.4, 0.5) is 13.2 Å². The van der Waals surface area contributed by atoms with Gasteiger partial charge < -0.3 is 15.9 Å². The van der Waals surface area contributed by atoms with E-state index >= 15 is 0 Å². The van der Waals surface area contributed by atoms with E-state index in [4.69, 9.17) is 20.7 Å². The number of halogens is 3. The molecule has 14 heavy (non-hydrogen) atoms. The predicted molar refractivity (Wildman–Crippen MR) is 39.6 cm³/mol. The van der Waals surface area contributed by atoms with Gasteiger partial charge in [0, 0.05) is 0 Å². The van der Waals surface area contributed by atoms with Crippen LogP contribution in [-0.4, -0.2) is 33.9 Å². The summed E-state index contributed by atoms with van der Waals surface area (Å²) in [5, 5.41) is 15.2. The third kappa shape index (κ3) is 8.78. The molecule has 0 heterocycles. The number of alkyl halides is 3. The summed E-state index contributed by atoms with van der Waals surface area (Å²) in [4.78, 5) is 18.8. The summed E-state index contributed by atoms with van der Waals surface area (Å²) in [7, 11) is 0. The van der Waals surface area contributed by atoms with Gasteiger partial charge >= 0.3 is 18.1 Å². The zero-order chi connectivity index (χ0) is 12.2. The quantitative estimate of drug-likeness (QED) is 0.591. The van der Waals surface area contributed by atoms with Crippen LogP contribution in [0.2, 0.25) is 0 Å². The molecule has 0 aromatic rings. The van der Waals surface area contributed by atoms with Crippen LogP contribution in [0.25, 0.3) is 0 Å². The van der Waals surface area contributed by atoms with Crippen molar-refractivity contribution in [1.29, 1.82) is 0 Å². The highest BCUT2D eigenvalue weighted by atomic mass is 19.4. The Morgan fingerprint density at radius 2 is 1.21 bits per heavy atom. The fraction of sp³-hybridized carbons (Fsp3) is 0.667. The molecular formula is C6H10F3NO4. The van der Waals surface area contributed by atoms with Crippen LogP contribution >= 0.6 is 0 Å². The molecule has 0 spiro atoms. The highest BCUT2D eigenvalue weighted by Crippen LogP contribution is 2.13. The Balaban J connectivity index is 0. The lowest BCUT2D eigenvalue weighted by Crippen LogP contribution is -2.41. The first-order valence-electron chi connectivity index (χ1n) is 3.21. The molecule has 0 aromatic heterocycles. The van der Waals surface area contributed by atoms with E-state index in [0.29, 0.717) is 0 Å². The zero-order valence-corrected chi connectivity index (χ0v) is 7.42. The van der Waals surface area contributed by atoms with E-state index in [1.807, 2.05) is 0 Å². The molecule has 0 unspecified atom stereocenters. The molecule has 0 aliphatic heterocycles. The molecule has 0 fully saturated rings. The summed E-state index contributed by atoms with van der Waals surface area (Å²) in [5.74, 6) is -3.74. The van der Waals surface area contributed by atoms with Crippen molar-refractivity contribution in [1.82, 2.24) is 0 Å². The fourth-order valence-electron chi connectivity index (χ4n) is 0. The maximum Gasteiger partial charge on any atom is 0.490 e. The van der Waals surface area contributed by atoms with E-state index in [9.17, 15) is 18.0 Å². The number of carboxylic acids is 2. The second-order valence-corrected chi connectivity index (χ2v) is 2.83. The molecule has 8 heteroatoms. The fourth-order valence-corrected chi connectivity index (χ4v) is 0. The van der Waals surface area contributed by atoms with Gasteiger partial charge in [-0.05, 0) is 13.8 Å². The largest absolute Gasteiger partial charge is 0.490 e. The molecular weight excluding hydrogens is 207 g/mol. The van der Waals surface area contributed by atoms with Crippen molar-refractivity contribution in [2.24, 2.45) is 5.73 Å². The van der Waals surface area contributed by atoms with Crippen LogP contribution in [0.5, 0.6) is 0 Å². The maximum absolute atomic E-state index is 10.6. The van der Waals surface area contributed by atoms with Crippen LogP contribution in [0, 0.1) is 0 Å². The first kappa shape index (κ1) is 15.2. The molecule has 0 saturated carbocycles. The number of carbonyl (C=O) groups is 2. The zero-order valence-electron chi connectivity index (χ0n) is 7.42. The minimum Gasteiger partial charge on any atom is -0.480 e. The van der Waals surface area contributed by atoms with E-state index in [2.05, 4.69) is 0 Å². The van der Waals surface area contributed by atoms with E-state index in [1.54, 1.807) is 0 Å². The highest BCUT2D eigenvalue weighted by Gasteiger charge is 2.38. The predicted octanol–water partition coefficient (Wildman–Crippen LogP) is 0.442. The van der Waals surface area contributed by atoms with Crippen LogP contribution in [0.1, 0.15) is 13.8 Å². The van der Waals surface area contributed by atoms with Gasteiger partial charge in [-0.1, -0.05) is 0 Å². The molecule has 0 aliphatic rings. The van der Waals surface area contributed by atoms with E-state index in [-0.39, 0.29) is 0 Å². The van der Waals surface area contributed by atoms with Crippen molar-refractivity contribution in [3.63, 3.8) is 0 Å². The molecule has 0 aromatic carbocycles. The van der Waals surface area contributed by atoms with Gasteiger partial charge in [-0.25, -0.2) is 4.79 Å². The number of hydrogen-bond donors (Lipinski definition) is 3. The average molecular weight is 217 g/mol. The molecule has 0 saturated heterocycles. The Morgan fingerprint density at radius 3 is 1.21 bits per heavy atom. The van der Waals surface area contributed by atoms with Gasteiger partial charge in [-0.15, -0.1) is 0 Å². The van der Waals surface area contributed by atoms with Gasteiger partial charge in [0.1, 0.15) is 5.54 Å². The highest BCUT2D eigenvalue weighted by molar-refractivity contribution is 5.77. The van der Waals surface area contributed by atoms with Crippen molar-refractivity contribution >= 4 is 11.9 Å². The Bertz CT molecular complexity index is 194. The summed E-state index contributed by atoms with van der Waals surface area (Å²) in [6.45, 7) is 2.88. The lowest BCUT2D eigenvalue weighted by molar-refractivity contribution is -0.192. The van der Waals surface area contributed by atoms with Crippen molar-refractivity contribution < 1.29 is 33.0 Å². The first-order chi connectivity index (χ1) is 5.89. The Kier molecular flexibility index (Phi) is 5.20. The number of nitrogens with two attached hydrogens (primary N) is 1. The van der Waals surface area contributed by atoms with Crippen molar-refractivity contribution in [2.75, 3.05) is 0 Å². The van der Waals surface area contributed by atoms with Gasteiger partial charge in [0.05, 0.1) is 0 Å². The number of hydrogen-bond acceptors (Lipinski definition) is 3. The third-order valence-electron chi connectivity index (χ3n) is 0.794. The molecule has 0 bridgehead atoms. The van der Waals surface area contributed by atoms with Crippen LogP contribution in [0.3, 0.4) is 0 Å². The molecule has 0 aliphatic carbocycles. The minimum atomic E-state index is -5.08. The van der Waals surface area contributed by atoms with Gasteiger partial charge in [0.25, 0.3) is 0 Å². The number of rotatable bonds is 1. The van der Waals surface area contributed by atoms with E-state index in [1.165, 1.54) is 13.8 Å². The van der Waals surface area contributed by atoms with Gasteiger partial charge in [0.15, 0.2) is 0 Å². The Morgan fingerprint density at radius 1 is 1.07 bits per heavy atom. The third-order valence-corrected chi connectivity index (χ3v) is 0.794. The van der Waals surface area contributed by atoms with Crippen LogP contribution in [0.15, 0.2) is 0 Å². The smallest absolute Gasteiger partial charge is 0.480 e. The van der Waals surface area contributed by atoms with Crippen LogP contribution < -0.4 is 5.73 Å². The lowest BCUT2D eigenvalue weighted by atomic mass is 10.1. The Labute approximate surface area is 77.3 Å².